The SMILES string of the molecule is CCCc1cc(C(O)(C(F)F)C(F)(F)F)cc(CCC)c1OCC=CCN1C(=O)NC(CC)(c2ccc3c(c2)OCCO3)C1=O. The number of halogens is 5. The number of alkyl halides is 5. The summed E-state index contributed by atoms with van der Waals surface area (Å²) in [5.74, 6) is 0.847. The third-order valence-electron chi connectivity index (χ3n) is 7.99. The number of rotatable bonds is 13. The predicted octanol–water partition coefficient (Wildman–Crippen LogP) is 6.17. The molecule has 2 aliphatic rings. The number of urea groups is 1. The maximum Gasteiger partial charge on any atom is 0.427 e. The van der Waals surface area contributed by atoms with Crippen molar-refractivity contribution >= 4 is 11.9 Å². The predicted molar refractivity (Wildman–Crippen MR) is 155 cm³/mol. The fourth-order valence-corrected chi connectivity index (χ4v) is 5.60. The molecule has 0 radical (unpaired) electrons. The van der Waals surface area contributed by atoms with Gasteiger partial charge in [0.15, 0.2) is 11.5 Å². The topological polar surface area (TPSA) is 97.3 Å². The Morgan fingerprint density at radius 3 is 2.18 bits per heavy atom. The van der Waals surface area contributed by atoms with E-state index in [1.807, 2.05) is 0 Å². The van der Waals surface area contributed by atoms with Gasteiger partial charge in [-0.05, 0) is 71.9 Å². The fourth-order valence-electron chi connectivity index (χ4n) is 5.60. The van der Waals surface area contributed by atoms with Gasteiger partial charge < -0.3 is 24.6 Å². The molecule has 0 bridgehead atoms. The van der Waals surface area contributed by atoms with Crippen molar-refractivity contribution in [3.8, 4) is 17.2 Å². The number of imide groups is 1. The summed E-state index contributed by atoms with van der Waals surface area (Å²) in [4.78, 5) is 27.5. The van der Waals surface area contributed by atoms with E-state index in [1.54, 1.807) is 51.1 Å². The number of hydrogen-bond donors (Lipinski definition) is 2. The first-order chi connectivity index (χ1) is 21.3. The highest BCUT2D eigenvalue weighted by molar-refractivity contribution is 6.07. The monoisotopic (exact) mass is 640 g/mol. The van der Waals surface area contributed by atoms with Crippen LogP contribution in [0.5, 0.6) is 17.2 Å². The highest BCUT2D eigenvalue weighted by Crippen LogP contribution is 2.45. The fraction of sp³-hybridized carbons (Fsp3) is 0.500. The Hall–Kier alpha value is -3.87. The molecule has 2 atom stereocenters. The molecule has 1 fully saturated rings. The Kier molecular flexibility index (Phi) is 10.3. The van der Waals surface area contributed by atoms with Gasteiger partial charge in [0.2, 0.25) is 5.60 Å². The summed E-state index contributed by atoms with van der Waals surface area (Å²) in [6.45, 7) is 5.97. The van der Waals surface area contributed by atoms with Crippen LogP contribution < -0.4 is 19.5 Å². The zero-order valence-corrected chi connectivity index (χ0v) is 25.3. The minimum atomic E-state index is -5.60. The number of benzene rings is 2. The van der Waals surface area contributed by atoms with Crippen LogP contribution in [0, 0.1) is 0 Å². The van der Waals surface area contributed by atoms with E-state index in [4.69, 9.17) is 14.2 Å². The molecular weight excluding hydrogens is 603 g/mol. The van der Waals surface area contributed by atoms with Crippen molar-refractivity contribution in [1.82, 2.24) is 10.2 Å². The summed E-state index contributed by atoms with van der Waals surface area (Å²) >= 11 is 0. The maximum atomic E-state index is 13.6. The standard InChI is InChI=1S/C32H37F5N2O6/c1-4-9-20-17-23(31(42,27(33)34)32(35,36)37)18-21(10-5-2)26(20)45-14-8-7-13-39-28(40)30(6-3,38-29(39)41)22-11-12-24-25(19-22)44-16-15-43-24/h7-8,11-12,17-19,27,42H,4-6,9-10,13-16H2,1-3H3,(H,38,41). The molecule has 2 heterocycles. The molecule has 246 valence electrons. The second-order valence-corrected chi connectivity index (χ2v) is 10.9. The molecule has 0 aliphatic carbocycles. The van der Waals surface area contributed by atoms with Crippen molar-refractivity contribution in [2.75, 3.05) is 26.4 Å². The van der Waals surface area contributed by atoms with Gasteiger partial charge in [-0.2, -0.15) is 13.2 Å². The van der Waals surface area contributed by atoms with Crippen molar-refractivity contribution in [3.05, 3.63) is 64.7 Å². The Bertz CT molecular complexity index is 1400. The van der Waals surface area contributed by atoms with Gasteiger partial charge in [-0.25, -0.2) is 13.6 Å². The average Bonchev–Trinajstić information content (AvgIpc) is 3.25. The molecule has 2 N–H and O–H groups in total. The minimum Gasteiger partial charge on any atom is -0.489 e. The normalized spacial score (nSPS) is 19.7. The van der Waals surface area contributed by atoms with Gasteiger partial charge in [-0.15, -0.1) is 0 Å². The Morgan fingerprint density at radius 1 is 1.00 bits per heavy atom. The molecule has 0 aromatic heterocycles. The molecule has 2 aliphatic heterocycles. The number of carbonyl (C=O) groups excluding carboxylic acids is 2. The minimum absolute atomic E-state index is 0.0735. The van der Waals surface area contributed by atoms with Gasteiger partial charge in [0.1, 0.15) is 31.1 Å². The quantitative estimate of drug-likeness (QED) is 0.155. The third-order valence-corrected chi connectivity index (χ3v) is 7.99. The van der Waals surface area contributed by atoms with E-state index in [1.165, 1.54) is 0 Å². The Morgan fingerprint density at radius 2 is 1.62 bits per heavy atom. The number of amides is 3. The van der Waals surface area contributed by atoms with Crippen LogP contribution in [0.15, 0.2) is 42.5 Å². The van der Waals surface area contributed by atoms with Gasteiger partial charge in [0.05, 0.1) is 0 Å². The average molecular weight is 641 g/mol. The molecule has 8 nitrogen and oxygen atoms in total. The molecule has 3 amide bonds. The molecule has 4 rings (SSSR count). The summed E-state index contributed by atoms with van der Waals surface area (Å²) in [5.41, 5.74) is -5.47. The lowest BCUT2D eigenvalue weighted by molar-refractivity contribution is -0.305. The van der Waals surface area contributed by atoms with Crippen LogP contribution in [0.25, 0.3) is 0 Å². The van der Waals surface area contributed by atoms with Crippen LogP contribution in [-0.4, -0.2) is 60.9 Å². The molecule has 2 aromatic rings. The Labute approximate surface area is 258 Å². The van der Waals surface area contributed by atoms with Crippen LogP contribution >= 0.6 is 0 Å². The van der Waals surface area contributed by atoms with Gasteiger partial charge in [0, 0.05) is 6.54 Å². The molecule has 2 unspecified atom stereocenters. The van der Waals surface area contributed by atoms with Crippen LogP contribution in [0.1, 0.15) is 62.3 Å². The van der Waals surface area contributed by atoms with E-state index >= 15 is 0 Å². The van der Waals surface area contributed by atoms with Crippen molar-refractivity contribution in [2.45, 2.75) is 76.6 Å². The van der Waals surface area contributed by atoms with Gasteiger partial charge >= 0.3 is 12.2 Å². The van der Waals surface area contributed by atoms with Gasteiger partial charge in [0.25, 0.3) is 12.3 Å². The lowest BCUT2D eigenvalue weighted by atomic mass is 9.87. The molecule has 2 aromatic carbocycles. The highest BCUT2D eigenvalue weighted by Gasteiger charge is 2.62. The first-order valence-electron chi connectivity index (χ1n) is 14.9. The van der Waals surface area contributed by atoms with Crippen LogP contribution in [0.2, 0.25) is 0 Å². The van der Waals surface area contributed by atoms with E-state index in [9.17, 15) is 36.6 Å². The number of aliphatic hydroxyl groups is 1. The van der Waals surface area contributed by atoms with E-state index in [2.05, 4.69) is 5.32 Å². The molecule has 0 saturated carbocycles. The summed E-state index contributed by atoms with van der Waals surface area (Å²) in [7, 11) is 0. The number of nitrogens with one attached hydrogen (secondary N) is 1. The number of ether oxygens (including phenoxy) is 3. The summed E-state index contributed by atoms with van der Waals surface area (Å²) < 4.78 is 85.3. The van der Waals surface area contributed by atoms with E-state index in [0.29, 0.717) is 43.1 Å². The second-order valence-electron chi connectivity index (χ2n) is 10.9. The van der Waals surface area contributed by atoms with Crippen molar-refractivity contribution in [1.29, 1.82) is 0 Å². The smallest absolute Gasteiger partial charge is 0.427 e. The van der Waals surface area contributed by atoms with Crippen molar-refractivity contribution in [2.24, 2.45) is 0 Å². The first-order valence-corrected chi connectivity index (χ1v) is 14.9. The maximum absolute atomic E-state index is 13.6. The van der Waals surface area contributed by atoms with Gasteiger partial charge in [-0.1, -0.05) is 45.8 Å². The van der Waals surface area contributed by atoms with Crippen molar-refractivity contribution < 1.29 is 50.9 Å². The summed E-state index contributed by atoms with van der Waals surface area (Å²) in [5, 5.41) is 12.9. The van der Waals surface area contributed by atoms with Crippen molar-refractivity contribution in [3.63, 3.8) is 0 Å². The second kappa shape index (κ2) is 13.6. The largest absolute Gasteiger partial charge is 0.489 e. The number of hydrogen-bond acceptors (Lipinski definition) is 6. The lowest BCUT2D eigenvalue weighted by Crippen LogP contribution is -2.48. The molecule has 13 heteroatoms. The first kappa shape index (κ1) is 34.0. The number of fused-ring (bicyclic) bond motifs is 1. The van der Waals surface area contributed by atoms with Crippen LogP contribution in [0.3, 0.4) is 0 Å². The summed E-state index contributed by atoms with van der Waals surface area (Å²) in [6.07, 6.45) is -4.89. The van der Waals surface area contributed by atoms with E-state index in [-0.39, 0.29) is 49.3 Å². The highest BCUT2D eigenvalue weighted by atomic mass is 19.4. The number of aryl methyl sites for hydroxylation is 2. The number of nitrogens with zero attached hydrogens (tertiary/aromatic N) is 1. The van der Waals surface area contributed by atoms with Crippen LogP contribution in [-0.2, 0) is 28.8 Å². The zero-order valence-electron chi connectivity index (χ0n) is 25.3. The van der Waals surface area contributed by atoms with Crippen LogP contribution in [0.4, 0.5) is 26.7 Å². The molecular formula is C32H37F5N2O6. The van der Waals surface area contributed by atoms with E-state index < -0.39 is 41.2 Å². The molecule has 45 heavy (non-hydrogen) atoms. The zero-order chi connectivity index (χ0) is 33.0. The Balaban J connectivity index is 1.51. The number of carbonyl (C=O) groups is 2. The molecule has 0 spiro atoms. The van der Waals surface area contributed by atoms with E-state index in [0.717, 1.165) is 17.0 Å². The third kappa shape index (κ3) is 6.45. The summed E-state index contributed by atoms with van der Waals surface area (Å²) in [6, 6.07) is 6.38. The lowest BCUT2D eigenvalue weighted by Gasteiger charge is -2.31. The molecule has 1 saturated heterocycles. The van der Waals surface area contributed by atoms with Gasteiger partial charge in [-0.3, -0.25) is 9.69 Å².